The van der Waals surface area contributed by atoms with Crippen molar-refractivity contribution in [1.82, 2.24) is 10.3 Å². The fourth-order valence-corrected chi connectivity index (χ4v) is 2.14. The van der Waals surface area contributed by atoms with Crippen molar-refractivity contribution in [2.45, 2.75) is 19.9 Å². The predicted molar refractivity (Wildman–Crippen MR) is 77.3 cm³/mol. The lowest BCUT2D eigenvalue weighted by Gasteiger charge is -2.20. The predicted octanol–water partition coefficient (Wildman–Crippen LogP) is 3.32. The molecule has 4 heteroatoms. The second kappa shape index (κ2) is 7.01. The number of hydrogen-bond donors (Lipinski definition) is 1. The number of rotatable bonds is 6. The maximum Gasteiger partial charge on any atom is 0.141 e. The molecule has 106 valence electrons. The van der Waals surface area contributed by atoms with E-state index in [-0.39, 0.29) is 11.9 Å². The highest BCUT2D eigenvalue weighted by atomic mass is 19.1. The molecule has 0 fully saturated rings. The largest absolute Gasteiger partial charge is 0.494 e. The van der Waals surface area contributed by atoms with Crippen LogP contribution in [0.5, 0.6) is 5.75 Å². The molecular formula is C16H19FN2O. The molecule has 0 spiro atoms. The minimum atomic E-state index is -0.331. The van der Waals surface area contributed by atoms with Gasteiger partial charge in [-0.1, -0.05) is 25.1 Å². The molecule has 0 bridgehead atoms. The van der Waals surface area contributed by atoms with Gasteiger partial charge in [0, 0.05) is 5.56 Å². The maximum atomic E-state index is 13.0. The lowest BCUT2D eigenvalue weighted by molar-refractivity contribution is 0.333. The molecule has 1 unspecified atom stereocenters. The van der Waals surface area contributed by atoms with Crippen molar-refractivity contribution < 1.29 is 9.13 Å². The number of para-hydroxylation sites is 1. The molecule has 1 aromatic heterocycles. The molecule has 0 amide bonds. The quantitative estimate of drug-likeness (QED) is 0.877. The summed E-state index contributed by atoms with van der Waals surface area (Å²) < 4.78 is 18.7. The third-order valence-corrected chi connectivity index (χ3v) is 2.98. The first-order valence-electron chi connectivity index (χ1n) is 6.82. The van der Waals surface area contributed by atoms with E-state index in [1.165, 1.54) is 12.3 Å². The molecule has 1 N–H and O–H groups in total. The minimum Gasteiger partial charge on any atom is -0.494 e. The van der Waals surface area contributed by atoms with E-state index in [4.69, 9.17) is 4.74 Å². The van der Waals surface area contributed by atoms with Gasteiger partial charge in [-0.25, -0.2) is 4.39 Å². The molecule has 2 rings (SSSR count). The van der Waals surface area contributed by atoms with Crippen LogP contribution in [0.4, 0.5) is 4.39 Å². The first-order chi connectivity index (χ1) is 9.76. The van der Waals surface area contributed by atoms with Crippen molar-refractivity contribution in [3.05, 3.63) is 59.7 Å². The van der Waals surface area contributed by atoms with Crippen LogP contribution in [0.1, 0.15) is 31.1 Å². The third kappa shape index (κ3) is 3.33. The van der Waals surface area contributed by atoms with Crippen LogP contribution in [0.25, 0.3) is 0 Å². The zero-order valence-corrected chi connectivity index (χ0v) is 11.8. The number of hydrogen-bond acceptors (Lipinski definition) is 3. The first kappa shape index (κ1) is 14.5. The zero-order valence-electron chi connectivity index (χ0n) is 11.8. The summed E-state index contributed by atoms with van der Waals surface area (Å²) in [4.78, 5) is 4.18. The Morgan fingerprint density at radius 3 is 2.65 bits per heavy atom. The van der Waals surface area contributed by atoms with Gasteiger partial charge in [-0.15, -0.1) is 0 Å². The fourth-order valence-electron chi connectivity index (χ4n) is 2.14. The van der Waals surface area contributed by atoms with E-state index in [0.29, 0.717) is 6.61 Å². The van der Waals surface area contributed by atoms with Crippen LogP contribution in [-0.2, 0) is 0 Å². The van der Waals surface area contributed by atoms with E-state index < -0.39 is 0 Å². The maximum absolute atomic E-state index is 13.0. The Balaban J connectivity index is 2.40. The van der Waals surface area contributed by atoms with Gasteiger partial charge in [0.05, 0.1) is 24.5 Å². The number of nitrogens with one attached hydrogen (secondary N) is 1. The van der Waals surface area contributed by atoms with Crippen LogP contribution in [0.2, 0.25) is 0 Å². The molecule has 1 heterocycles. The van der Waals surface area contributed by atoms with E-state index in [9.17, 15) is 4.39 Å². The summed E-state index contributed by atoms with van der Waals surface area (Å²) in [5, 5.41) is 3.37. The molecule has 0 saturated carbocycles. The van der Waals surface area contributed by atoms with E-state index in [1.54, 1.807) is 6.07 Å². The van der Waals surface area contributed by atoms with Gasteiger partial charge < -0.3 is 10.1 Å². The topological polar surface area (TPSA) is 34.2 Å². The number of aromatic nitrogens is 1. The SMILES string of the molecule is CCNC(c1ccc(F)cn1)c1ccccc1OCC. The Kier molecular flexibility index (Phi) is 5.07. The number of nitrogens with zero attached hydrogens (tertiary/aromatic N) is 1. The Hall–Kier alpha value is -1.94. The third-order valence-electron chi connectivity index (χ3n) is 2.98. The highest BCUT2D eigenvalue weighted by molar-refractivity contribution is 5.40. The lowest BCUT2D eigenvalue weighted by atomic mass is 10.0. The van der Waals surface area contributed by atoms with Crippen LogP contribution in [0.15, 0.2) is 42.6 Å². The summed E-state index contributed by atoms with van der Waals surface area (Å²) >= 11 is 0. The molecule has 0 aliphatic rings. The number of pyridine rings is 1. The van der Waals surface area contributed by atoms with Crippen molar-refractivity contribution in [1.29, 1.82) is 0 Å². The Bertz CT molecular complexity index is 542. The Labute approximate surface area is 118 Å². The Morgan fingerprint density at radius 1 is 1.20 bits per heavy atom. The summed E-state index contributed by atoms with van der Waals surface area (Å²) in [5.74, 6) is 0.495. The molecule has 0 aliphatic carbocycles. The molecule has 2 aromatic rings. The average Bonchev–Trinajstić information content (AvgIpc) is 2.47. The standard InChI is InChI=1S/C16H19FN2O/c1-3-18-16(14-10-9-12(17)11-19-14)13-7-5-6-8-15(13)20-4-2/h5-11,16,18H,3-4H2,1-2H3. The van der Waals surface area contributed by atoms with Crippen LogP contribution >= 0.6 is 0 Å². The lowest BCUT2D eigenvalue weighted by Crippen LogP contribution is -2.23. The van der Waals surface area contributed by atoms with E-state index in [1.807, 2.05) is 38.1 Å². The van der Waals surface area contributed by atoms with Crippen molar-refractivity contribution in [3.63, 3.8) is 0 Å². The summed E-state index contributed by atoms with van der Waals surface area (Å²) in [7, 11) is 0. The smallest absolute Gasteiger partial charge is 0.141 e. The number of ether oxygens (including phenoxy) is 1. The molecule has 1 atom stereocenters. The molecular weight excluding hydrogens is 255 g/mol. The second-order valence-electron chi connectivity index (χ2n) is 4.36. The van der Waals surface area contributed by atoms with Crippen molar-refractivity contribution in [2.24, 2.45) is 0 Å². The Morgan fingerprint density at radius 2 is 2.00 bits per heavy atom. The van der Waals surface area contributed by atoms with E-state index in [2.05, 4.69) is 10.3 Å². The highest BCUT2D eigenvalue weighted by Gasteiger charge is 2.18. The van der Waals surface area contributed by atoms with E-state index in [0.717, 1.165) is 23.6 Å². The second-order valence-corrected chi connectivity index (χ2v) is 4.36. The fraction of sp³-hybridized carbons (Fsp3) is 0.312. The zero-order chi connectivity index (χ0) is 14.4. The summed E-state index contributed by atoms with van der Waals surface area (Å²) in [6.45, 7) is 5.37. The van der Waals surface area contributed by atoms with Gasteiger partial charge >= 0.3 is 0 Å². The minimum absolute atomic E-state index is 0.108. The molecule has 0 saturated heterocycles. The molecule has 0 aliphatic heterocycles. The van der Waals surface area contributed by atoms with Crippen LogP contribution in [0, 0.1) is 5.82 Å². The molecule has 3 nitrogen and oxygen atoms in total. The van der Waals surface area contributed by atoms with Crippen molar-refractivity contribution in [2.75, 3.05) is 13.2 Å². The first-order valence-corrected chi connectivity index (χ1v) is 6.82. The van der Waals surface area contributed by atoms with Crippen LogP contribution < -0.4 is 10.1 Å². The van der Waals surface area contributed by atoms with Gasteiger partial charge in [0.25, 0.3) is 0 Å². The number of halogens is 1. The van der Waals surface area contributed by atoms with Gasteiger partial charge in [0.15, 0.2) is 0 Å². The van der Waals surface area contributed by atoms with Crippen LogP contribution in [-0.4, -0.2) is 18.1 Å². The van der Waals surface area contributed by atoms with Crippen molar-refractivity contribution in [3.8, 4) is 5.75 Å². The summed E-state index contributed by atoms with van der Waals surface area (Å²) in [5.41, 5.74) is 1.79. The average molecular weight is 274 g/mol. The monoisotopic (exact) mass is 274 g/mol. The summed E-state index contributed by atoms with van der Waals surface area (Å²) in [6.07, 6.45) is 1.24. The highest BCUT2D eigenvalue weighted by Crippen LogP contribution is 2.29. The van der Waals surface area contributed by atoms with Gasteiger partial charge in [0.1, 0.15) is 11.6 Å². The van der Waals surface area contributed by atoms with Gasteiger partial charge in [0.2, 0.25) is 0 Å². The van der Waals surface area contributed by atoms with E-state index >= 15 is 0 Å². The summed E-state index contributed by atoms with van der Waals surface area (Å²) in [6, 6.07) is 10.9. The van der Waals surface area contributed by atoms with Crippen molar-refractivity contribution >= 4 is 0 Å². The van der Waals surface area contributed by atoms with Gasteiger partial charge in [-0.3, -0.25) is 4.98 Å². The van der Waals surface area contributed by atoms with Gasteiger partial charge in [-0.2, -0.15) is 0 Å². The number of benzene rings is 1. The van der Waals surface area contributed by atoms with Gasteiger partial charge in [-0.05, 0) is 31.7 Å². The van der Waals surface area contributed by atoms with Crippen LogP contribution in [0.3, 0.4) is 0 Å². The normalized spacial score (nSPS) is 12.2. The molecule has 20 heavy (non-hydrogen) atoms. The molecule has 1 aromatic carbocycles. The molecule has 0 radical (unpaired) electrons.